The van der Waals surface area contributed by atoms with Gasteiger partial charge >= 0.3 is 0 Å². The number of nitrogens with zero attached hydrogens (tertiary/aromatic N) is 1. The SMILES string of the molecule is NC(=O)[C@@H]1Cc2ccccc2CN1CC(=O)Nc1cccc2ccccc12. The summed E-state index contributed by atoms with van der Waals surface area (Å²) < 4.78 is 0. The Kier molecular flexibility index (Phi) is 4.60. The first-order valence-electron chi connectivity index (χ1n) is 8.99. The molecule has 5 heteroatoms. The van der Waals surface area contributed by atoms with E-state index in [1.54, 1.807) is 0 Å². The van der Waals surface area contributed by atoms with Gasteiger partial charge in [-0.3, -0.25) is 14.5 Å². The second-order valence-electron chi connectivity index (χ2n) is 6.87. The molecular weight excluding hydrogens is 338 g/mol. The van der Waals surface area contributed by atoms with Crippen molar-refractivity contribution >= 4 is 28.3 Å². The monoisotopic (exact) mass is 359 g/mol. The molecule has 0 aliphatic carbocycles. The number of hydrogen-bond donors (Lipinski definition) is 2. The Morgan fingerprint density at radius 3 is 2.48 bits per heavy atom. The number of nitrogens with one attached hydrogen (secondary N) is 1. The number of hydrogen-bond acceptors (Lipinski definition) is 3. The lowest BCUT2D eigenvalue weighted by Gasteiger charge is -2.34. The van der Waals surface area contributed by atoms with Crippen LogP contribution in [0.15, 0.2) is 66.7 Å². The van der Waals surface area contributed by atoms with Gasteiger partial charge in [0, 0.05) is 17.6 Å². The number of rotatable bonds is 4. The van der Waals surface area contributed by atoms with E-state index in [9.17, 15) is 9.59 Å². The van der Waals surface area contributed by atoms with Crippen molar-refractivity contribution < 1.29 is 9.59 Å². The molecule has 136 valence electrons. The molecule has 0 saturated carbocycles. The van der Waals surface area contributed by atoms with E-state index in [0.717, 1.165) is 27.6 Å². The molecule has 1 aliphatic heterocycles. The van der Waals surface area contributed by atoms with Crippen LogP contribution < -0.4 is 11.1 Å². The lowest BCUT2D eigenvalue weighted by atomic mass is 9.93. The van der Waals surface area contributed by atoms with Gasteiger partial charge in [-0.15, -0.1) is 0 Å². The van der Waals surface area contributed by atoms with Gasteiger partial charge in [0.25, 0.3) is 0 Å². The van der Waals surface area contributed by atoms with Crippen LogP contribution >= 0.6 is 0 Å². The van der Waals surface area contributed by atoms with Crippen molar-refractivity contribution in [3.63, 3.8) is 0 Å². The Balaban J connectivity index is 1.53. The lowest BCUT2D eigenvalue weighted by molar-refractivity contribution is -0.125. The fourth-order valence-electron chi connectivity index (χ4n) is 3.73. The molecule has 1 atom stereocenters. The van der Waals surface area contributed by atoms with Gasteiger partial charge in [-0.25, -0.2) is 0 Å². The maximum absolute atomic E-state index is 12.7. The van der Waals surface area contributed by atoms with E-state index < -0.39 is 11.9 Å². The Morgan fingerprint density at radius 2 is 1.67 bits per heavy atom. The Bertz CT molecular complexity index is 1010. The summed E-state index contributed by atoms with van der Waals surface area (Å²) in [6, 6.07) is 21.2. The third kappa shape index (κ3) is 3.55. The van der Waals surface area contributed by atoms with Crippen molar-refractivity contribution in [2.24, 2.45) is 5.73 Å². The quantitative estimate of drug-likeness (QED) is 0.752. The predicted octanol–water partition coefficient (Wildman–Crippen LogP) is 2.69. The molecule has 3 N–H and O–H groups in total. The smallest absolute Gasteiger partial charge is 0.238 e. The van der Waals surface area contributed by atoms with Gasteiger partial charge in [0.1, 0.15) is 0 Å². The van der Waals surface area contributed by atoms with E-state index >= 15 is 0 Å². The number of primary amides is 1. The van der Waals surface area contributed by atoms with Crippen molar-refractivity contribution in [1.29, 1.82) is 0 Å². The Hall–Kier alpha value is -3.18. The van der Waals surface area contributed by atoms with Gasteiger partial charge < -0.3 is 11.1 Å². The molecule has 0 aromatic heterocycles. The second kappa shape index (κ2) is 7.21. The zero-order valence-electron chi connectivity index (χ0n) is 14.9. The standard InChI is InChI=1S/C22H21N3O2/c23-22(27)20-12-16-7-1-2-8-17(16)13-25(20)14-21(26)24-19-11-5-9-15-6-3-4-10-18(15)19/h1-11,20H,12-14H2,(H2,23,27)(H,24,26)/t20-/m0/s1. The first kappa shape index (κ1) is 17.2. The molecule has 3 aromatic rings. The highest BCUT2D eigenvalue weighted by molar-refractivity contribution is 6.02. The van der Waals surface area contributed by atoms with E-state index in [2.05, 4.69) is 5.32 Å². The topological polar surface area (TPSA) is 75.4 Å². The molecule has 0 bridgehead atoms. The van der Waals surface area contributed by atoms with E-state index in [4.69, 9.17) is 5.73 Å². The van der Waals surface area contributed by atoms with Crippen LogP contribution in [0.2, 0.25) is 0 Å². The zero-order chi connectivity index (χ0) is 18.8. The third-order valence-electron chi connectivity index (χ3n) is 5.08. The highest BCUT2D eigenvalue weighted by atomic mass is 16.2. The summed E-state index contributed by atoms with van der Waals surface area (Å²) in [6.45, 7) is 0.651. The van der Waals surface area contributed by atoms with Crippen LogP contribution in [0.4, 0.5) is 5.69 Å². The van der Waals surface area contributed by atoms with Crippen LogP contribution in [-0.4, -0.2) is 29.3 Å². The molecule has 0 fully saturated rings. The minimum absolute atomic E-state index is 0.116. The third-order valence-corrected chi connectivity index (χ3v) is 5.08. The fourth-order valence-corrected chi connectivity index (χ4v) is 3.73. The normalized spacial score (nSPS) is 16.7. The van der Waals surface area contributed by atoms with E-state index in [1.165, 1.54) is 0 Å². The molecular formula is C22H21N3O2. The molecule has 0 unspecified atom stereocenters. The summed E-state index contributed by atoms with van der Waals surface area (Å²) in [5.74, 6) is -0.556. The number of fused-ring (bicyclic) bond motifs is 2. The summed E-state index contributed by atoms with van der Waals surface area (Å²) in [6.07, 6.45) is 0.535. The first-order chi connectivity index (χ1) is 13.1. The zero-order valence-corrected chi connectivity index (χ0v) is 14.9. The Morgan fingerprint density at radius 1 is 0.963 bits per heavy atom. The van der Waals surface area contributed by atoms with Gasteiger partial charge in [0.15, 0.2) is 0 Å². The minimum Gasteiger partial charge on any atom is -0.368 e. The molecule has 4 rings (SSSR count). The summed E-state index contributed by atoms with van der Waals surface area (Å²) in [4.78, 5) is 26.5. The molecule has 1 aliphatic rings. The van der Waals surface area contributed by atoms with Crippen molar-refractivity contribution in [2.45, 2.75) is 19.0 Å². The van der Waals surface area contributed by atoms with Crippen LogP contribution in [0.3, 0.4) is 0 Å². The highest BCUT2D eigenvalue weighted by Crippen LogP contribution is 2.25. The molecule has 1 heterocycles. The van der Waals surface area contributed by atoms with Crippen molar-refractivity contribution in [1.82, 2.24) is 4.90 Å². The summed E-state index contributed by atoms with van der Waals surface area (Å²) in [7, 11) is 0. The van der Waals surface area contributed by atoms with Crippen molar-refractivity contribution in [3.8, 4) is 0 Å². The molecule has 27 heavy (non-hydrogen) atoms. The predicted molar refractivity (Wildman–Crippen MR) is 106 cm³/mol. The van der Waals surface area contributed by atoms with Crippen LogP contribution in [0.1, 0.15) is 11.1 Å². The molecule has 2 amide bonds. The van der Waals surface area contributed by atoms with Crippen LogP contribution in [0.25, 0.3) is 10.8 Å². The van der Waals surface area contributed by atoms with Gasteiger partial charge in [-0.05, 0) is 29.0 Å². The van der Waals surface area contributed by atoms with Gasteiger partial charge in [-0.2, -0.15) is 0 Å². The molecule has 0 radical (unpaired) electrons. The number of anilines is 1. The number of carbonyl (C=O) groups is 2. The maximum atomic E-state index is 12.7. The highest BCUT2D eigenvalue weighted by Gasteiger charge is 2.31. The average molecular weight is 359 g/mol. The number of amides is 2. The van der Waals surface area contributed by atoms with Gasteiger partial charge in [0.2, 0.25) is 11.8 Å². The summed E-state index contributed by atoms with van der Waals surface area (Å²) >= 11 is 0. The number of carbonyl (C=O) groups excluding carboxylic acids is 2. The number of benzene rings is 3. The van der Waals surface area contributed by atoms with Gasteiger partial charge in [-0.1, -0.05) is 60.7 Å². The van der Waals surface area contributed by atoms with Crippen LogP contribution in [0.5, 0.6) is 0 Å². The minimum atomic E-state index is -0.474. The molecule has 0 saturated heterocycles. The van der Waals surface area contributed by atoms with Crippen LogP contribution in [-0.2, 0) is 22.6 Å². The fraction of sp³-hybridized carbons (Fsp3) is 0.182. The molecule has 0 spiro atoms. The Labute approximate surface area is 157 Å². The second-order valence-corrected chi connectivity index (χ2v) is 6.87. The largest absolute Gasteiger partial charge is 0.368 e. The number of nitrogens with two attached hydrogens (primary N) is 1. The van der Waals surface area contributed by atoms with Crippen LogP contribution in [0, 0.1) is 0 Å². The molecule has 5 nitrogen and oxygen atoms in total. The van der Waals surface area contributed by atoms with E-state index in [1.807, 2.05) is 71.6 Å². The summed E-state index contributed by atoms with van der Waals surface area (Å²) in [5, 5.41) is 5.04. The first-order valence-corrected chi connectivity index (χ1v) is 8.99. The van der Waals surface area contributed by atoms with E-state index in [0.29, 0.717) is 13.0 Å². The van der Waals surface area contributed by atoms with E-state index in [-0.39, 0.29) is 12.5 Å². The van der Waals surface area contributed by atoms with Gasteiger partial charge in [0.05, 0.1) is 12.6 Å². The average Bonchev–Trinajstić information content (AvgIpc) is 2.67. The molecule has 3 aromatic carbocycles. The van der Waals surface area contributed by atoms with Crippen molar-refractivity contribution in [3.05, 3.63) is 77.9 Å². The summed E-state index contributed by atoms with van der Waals surface area (Å²) in [5.41, 5.74) is 8.62. The maximum Gasteiger partial charge on any atom is 0.238 e. The van der Waals surface area contributed by atoms with Crippen molar-refractivity contribution in [2.75, 3.05) is 11.9 Å². The lowest BCUT2D eigenvalue weighted by Crippen LogP contribution is -2.50.